The quantitative estimate of drug-likeness (QED) is 0.612. The molecule has 0 saturated carbocycles. The number of hydrogen-bond acceptors (Lipinski definition) is 3. The lowest BCUT2D eigenvalue weighted by molar-refractivity contribution is -0.131. The third kappa shape index (κ3) is 3.81. The van der Waals surface area contributed by atoms with E-state index in [0.29, 0.717) is 5.75 Å². The Morgan fingerprint density at radius 2 is 2.36 bits per heavy atom. The molecule has 0 fully saturated rings. The number of carboxylic acids is 1. The summed E-state index contributed by atoms with van der Waals surface area (Å²) in [6.45, 7) is 0. The van der Waals surface area contributed by atoms with E-state index in [-0.39, 0.29) is 0 Å². The third-order valence-corrected chi connectivity index (χ3v) is 2.57. The zero-order valence-corrected chi connectivity index (χ0v) is 9.09. The van der Waals surface area contributed by atoms with Crippen molar-refractivity contribution in [2.75, 3.05) is 5.75 Å². The normalized spacial score (nSPS) is 11.5. The Kier molecular flexibility index (Phi) is 4.49. The highest BCUT2D eigenvalue weighted by molar-refractivity contribution is 7.80. The van der Waals surface area contributed by atoms with Crippen LogP contribution in [0.4, 0.5) is 0 Å². The van der Waals surface area contributed by atoms with Gasteiger partial charge in [0.1, 0.15) is 0 Å². The van der Waals surface area contributed by atoms with Crippen molar-refractivity contribution in [2.45, 2.75) is 0 Å². The fourth-order valence-corrected chi connectivity index (χ4v) is 1.76. The van der Waals surface area contributed by atoms with Crippen LogP contribution in [0.5, 0.6) is 0 Å². The molecule has 0 aromatic carbocycles. The van der Waals surface area contributed by atoms with Crippen LogP contribution >= 0.6 is 24.0 Å². The molecule has 2 nitrogen and oxygen atoms in total. The number of thiol groups is 1. The molecule has 0 atom stereocenters. The van der Waals surface area contributed by atoms with Gasteiger partial charge in [-0.3, -0.25) is 0 Å². The fraction of sp³-hybridized carbons (Fsp3) is 0.100. The molecule has 0 amide bonds. The predicted octanol–water partition coefficient (Wildman–Crippen LogP) is 2.79. The van der Waals surface area contributed by atoms with Crippen LogP contribution in [-0.2, 0) is 4.79 Å². The number of thiophene rings is 1. The first-order valence-electron chi connectivity index (χ1n) is 3.99. The number of hydrogen-bond donors (Lipinski definition) is 2. The van der Waals surface area contributed by atoms with Crippen LogP contribution in [0.1, 0.15) is 10.4 Å². The summed E-state index contributed by atoms with van der Waals surface area (Å²) in [5, 5.41) is 10.4. The third-order valence-electron chi connectivity index (χ3n) is 1.45. The summed E-state index contributed by atoms with van der Waals surface area (Å²) in [6, 6.07) is 1.93. The zero-order valence-electron chi connectivity index (χ0n) is 7.38. The molecule has 0 saturated heterocycles. The van der Waals surface area contributed by atoms with E-state index >= 15 is 0 Å². The Morgan fingerprint density at radius 3 is 3.00 bits per heavy atom. The van der Waals surface area contributed by atoms with E-state index in [1.807, 2.05) is 23.6 Å². The average Bonchev–Trinajstić information content (AvgIpc) is 2.59. The standard InChI is InChI=1S/C10H10O2S2/c11-10(12)4-3-9-6-8(7-14-9)2-1-5-13/h1-4,6-7,13H,5H2,(H,11,12)/b2-1?,4-3+. The lowest BCUT2D eigenvalue weighted by Crippen LogP contribution is -1.84. The number of carboxylic acid groups (broad SMARTS) is 1. The maximum Gasteiger partial charge on any atom is 0.328 e. The summed E-state index contributed by atoms with van der Waals surface area (Å²) in [4.78, 5) is 11.2. The molecule has 1 rings (SSSR count). The molecule has 14 heavy (non-hydrogen) atoms. The highest BCUT2D eigenvalue weighted by Crippen LogP contribution is 2.17. The second-order valence-corrected chi connectivity index (χ2v) is 3.85. The molecule has 1 aromatic rings. The molecule has 0 spiro atoms. The molecule has 0 aliphatic rings. The van der Waals surface area contributed by atoms with Crippen molar-refractivity contribution in [3.8, 4) is 0 Å². The molecule has 0 aliphatic carbocycles. The van der Waals surface area contributed by atoms with Crippen molar-refractivity contribution >= 4 is 42.1 Å². The van der Waals surface area contributed by atoms with Crippen molar-refractivity contribution in [3.63, 3.8) is 0 Å². The van der Waals surface area contributed by atoms with Gasteiger partial charge in [0.25, 0.3) is 0 Å². The van der Waals surface area contributed by atoms with Crippen LogP contribution in [0.2, 0.25) is 0 Å². The molecule has 0 bridgehead atoms. The second kappa shape index (κ2) is 5.67. The van der Waals surface area contributed by atoms with Gasteiger partial charge in [-0.2, -0.15) is 12.6 Å². The zero-order chi connectivity index (χ0) is 10.4. The summed E-state index contributed by atoms with van der Waals surface area (Å²) in [5.41, 5.74) is 1.08. The monoisotopic (exact) mass is 226 g/mol. The maximum absolute atomic E-state index is 10.2. The van der Waals surface area contributed by atoms with Gasteiger partial charge in [-0.1, -0.05) is 12.2 Å². The Labute approximate surface area is 92.0 Å². The molecular weight excluding hydrogens is 216 g/mol. The van der Waals surface area contributed by atoms with E-state index in [1.54, 1.807) is 6.08 Å². The minimum Gasteiger partial charge on any atom is -0.478 e. The number of carbonyl (C=O) groups is 1. The van der Waals surface area contributed by atoms with Gasteiger partial charge in [-0.05, 0) is 23.1 Å². The van der Waals surface area contributed by atoms with Crippen molar-refractivity contribution < 1.29 is 9.90 Å². The second-order valence-electron chi connectivity index (χ2n) is 2.54. The van der Waals surface area contributed by atoms with E-state index in [0.717, 1.165) is 16.5 Å². The van der Waals surface area contributed by atoms with Gasteiger partial charge in [0.15, 0.2) is 0 Å². The number of rotatable bonds is 4. The predicted molar refractivity (Wildman–Crippen MR) is 63.9 cm³/mol. The first-order valence-corrected chi connectivity index (χ1v) is 5.50. The number of aliphatic carboxylic acids is 1. The van der Waals surface area contributed by atoms with Crippen LogP contribution in [0, 0.1) is 0 Å². The molecule has 1 aromatic heterocycles. The average molecular weight is 226 g/mol. The Morgan fingerprint density at radius 1 is 1.57 bits per heavy atom. The van der Waals surface area contributed by atoms with Crippen molar-refractivity contribution in [1.82, 2.24) is 0 Å². The van der Waals surface area contributed by atoms with Crippen LogP contribution in [0.25, 0.3) is 12.2 Å². The highest BCUT2D eigenvalue weighted by atomic mass is 32.1. The molecule has 74 valence electrons. The minimum atomic E-state index is -0.925. The molecule has 0 unspecified atom stereocenters. The van der Waals surface area contributed by atoms with Gasteiger partial charge in [0, 0.05) is 16.7 Å². The molecule has 1 heterocycles. The van der Waals surface area contributed by atoms with Crippen LogP contribution < -0.4 is 0 Å². The smallest absolute Gasteiger partial charge is 0.328 e. The van der Waals surface area contributed by atoms with E-state index in [9.17, 15) is 4.79 Å². The molecule has 0 aliphatic heterocycles. The lowest BCUT2D eigenvalue weighted by atomic mass is 10.3. The van der Waals surface area contributed by atoms with Gasteiger partial charge in [0.2, 0.25) is 0 Å². The topological polar surface area (TPSA) is 37.3 Å². The summed E-state index contributed by atoms with van der Waals surface area (Å²) in [5.74, 6) is -0.221. The van der Waals surface area contributed by atoms with Crippen LogP contribution in [-0.4, -0.2) is 16.8 Å². The molecular formula is C10H10O2S2. The first kappa shape index (κ1) is 11.1. The Balaban J connectivity index is 2.68. The molecule has 1 N–H and O–H groups in total. The lowest BCUT2D eigenvalue weighted by Gasteiger charge is -1.82. The Bertz CT molecular complexity index is 364. The Hall–Kier alpha value is -1.000. The van der Waals surface area contributed by atoms with Gasteiger partial charge >= 0.3 is 5.97 Å². The van der Waals surface area contributed by atoms with Crippen molar-refractivity contribution in [2.24, 2.45) is 0 Å². The van der Waals surface area contributed by atoms with Gasteiger partial charge < -0.3 is 5.11 Å². The summed E-state index contributed by atoms with van der Waals surface area (Å²) in [7, 11) is 0. The van der Waals surface area contributed by atoms with E-state index in [4.69, 9.17) is 5.11 Å². The maximum atomic E-state index is 10.2. The summed E-state index contributed by atoms with van der Waals surface area (Å²) < 4.78 is 0. The summed E-state index contributed by atoms with van der Waals surface area (Å²) in [6.07, 6.45) is 6.63. The van der Waals surface area contributed by atoms with Crippen molar-refractivity contribution in [1.29, 1.82) is 0 Å². The van der Waals surface area contributed by atoms with E-state index in [1.165, 1.54) is 11.3 Å². The highest BCUT2D eigenvalue weighted by Gasteiger charge is 1.94. The largest absolute Gasteiger partial charge is 0.478 e. The molecule has 4 heteroatoms. The van der Waals surface area contributed by atoms with Crippen molar-refractivity contribution in [3.05, 3.63) is 34.0 Å². The van der Waals surface area contributed by atoms with E-state index < -0.39 is 5.97 Å². The first-order chi connectivity index (χ1) is 6.72. The minimum absolute atomic E-state index is 0.705. The van der Waals surface area contributed by atoms with Crippen LogP contribution in [0.3, 0.4) is 0 Å². The van der Waals surface area contributed by atoms with Gasteiger partial charge in [-0.25, -0.2) is 4.79 Å². The summed E-state index contributed by atoms with van der Waals surface area (Å²) >= 11 is 5.57. The fourth-order valence-electron chi connectivity index (χ4n) is 0.885. The van der Waals surface area contributed by atoms with Crippen LogP contribution in [0.15, 0.2) is 23.6 Å². The van der Waals surface area contributed by atoms with Gasteiger partial charge in [-0.15, -0.1) is 11.3 Å². The van der Waals surface area contributed by atoms with E-state index in [2.05, 4.69) is 12.6 Å². The SMILES string of the molecule is O=C(O)/C=C/c1cc(C=CCS)cs1. The van der Waals surface area contributed by atoms with Gasteiger partial charge in [0.05, 0.1) is 0 Å². The molecule has 0 radical (unpaired) electrons.